The SMILES string of the molecule is O=C(N[C@@H](c1ccccc1)c1cccc(OCc2cccc(C(=O)N3CCCC[C@H]3C(=O)O[C@@H](Cc3c(Cl)c[nH+]cc3Cl)c3ccc(OC(F)F)c(OCC4CC4)c3)c2)c1)O[C@H]1CN2CCC1CC2. The van der Waals surface area contributed by atoms with Gasteiger partial charge in [0.05, 0.1) is 12.6 Å². The van der Waals surface area contributed by atoms with Gasteiger partial charge in [0.1, 0.15) is 40.7 Å². The summed E-state index contributed by atoms with van der Waals surface area (Å²) in [4.78, 5) is 48.9. The number of likely N-dealkylation sites (tertiary alicyclic amines) is 1. The number of alkyl carbamates (subject to hydrolysis) is 1. The zero-order chi connectivity index (χ0) is 47.9. The summed E-state index contributed by atoms with van der Waals surface area (Å²) in [5.74, 6) is 0.248. The number of aromatic amines is 1. The van der Waals surface area contributed by atoms with Gasteiger partial charge < -0.3 is 33.9 Å². The predicted octanol–water partition coefficient (Wildman–Crippen LogP) is 10.2. The maximum Gasteiger partial charge on any atom is 0.408 e. The van der Waals surface area contributed by atoms with Gasteiger partial charge >= 0.3 is 18.7 Å². The number of fused-ring (bicyclic) bond motifs is 3. The van der Waals surface area contributed by atoms with E-state index in [9.17, 15) is 23.2 Å². The second-order valence-corrected chi connectivity index (χ2v) is 19.1. The van der Waals surface area contributed by atoms with Gasteiger partial charge in [0.25, 0.3) is 5.91 Å². The second kappa shape index (κ2) is 22.2. The maximum atomic E-state index is 14.4. The van der Waals surface area contributed by atoms with Crippen LogP contribution in [0.25, 0.3) is 0 Å². The molecule has 5 heterocycles. The average Bonchev–Trinajstić information content (AvgIpc) is 4.21. The van der Waals surface area contributed by atoms with Crippen molar-refractivity contribution in [1.29, 1.82) is 0 Å². The van der Waals surface area contributed by atoms with Crippen molar-refractivity contribution in [3.8, 4) is 17.2 Å². The molecular weight excluding hydrogens is 930 g/mol. The van der Waals surface area contributed by atoms with E-state index in [0.29, 0.717) is 76.7 Å². The molecule has 0 spiro atoms. The lowest BCUT2D eigenvalue weighted by Gasteiger charge is -2.43. The number of nitrogens with one attached hydrogen (secondary N) is 2. The first-order valence-electron chi connectivity index (χ1n) is 23.7. The number of hydrogen-bond acceptors (Lipinski definition) is 9. The molecule has 5 aliphatic rings. The maximum absolute atomic E-state index is 14.4. The predicted molar refractivity (Wildman–Crippen MR) is 254 cm³/mol. The normalized spacial score (nSPS) is 20.7. The molecule has 4 saturated heterocycles. The Morgan fingerprint density at radius 2 is 1.54 bits per heavy atom. The molecule has 12 nitrogen and oxygen atoms in total. The summed E-state index contributed by atoms with van der Waals surface area (Å²) >= 11 is 13.2. The van der Waals surface area contributed by atoms with Crippen molar-refractivity contribution in [2.75, 3.05) is 32.8 Å². The third-order valence-electron chi connectivity index (χ3n) is 13.4. The van der Waals surface area contributed by atoms with Gasteiger partial charge in [0, 0.05) is 30.6 Å². The summed E-state index contributed by atoms with van der Waals surface area (Å²) in [5, 5.41) is 3.73. The molecule has 4 aromatic carbocycles. The van der Waals surface area contributed by atoms with Crippen molar-refractivity contribution < 1.29 is 51.8 Å². The Hall–Kier alpha value is -5.96. The first-order valence-corrected chi connectivity index (χ1v) is 24.4. The van der Waals surface area contributed by atoms with Gasteiger partial charge in [-0.15, -0.1) is 0 Å². The first kappa shape index (κ1) is 48.1. The molecule has 1 saturated carbocycles. The van der Waals surface area contributed by atoms with Crippen LogP contribution in [0, 0.1) is 11.8 Å². The Balaban J connectivity index is 0.890. The van der Waals surface area contributed by atoms with Crippen LogP contribution in [0.5, 0.6) is 17.2 Å². The summed E-state index contributed by atoms with van der Waals surface area (Å²) in [7, 11) is 0. The number of rotatable bonds is 18. The number of aromatic nitrogens is 1. The van der Waals surface area contributed by atoms with Crippen LogP contribution >= 0.6 is 23.2 Å². The molecule has 2 bridgehead atoms. The Kier molecular flexibility index (Phi) is 15.5. The molecule has 2 amide bonds. The van der Waals surface area contributed by atoms with E-state index in [1.54, 1.807) is 41.6 Å². The summed E-state index contributed by atoms with van der Waals surface area (Å²) < 4.78 is 56.2. The van der Waals surface area contributed by atoms with Crippen LogP contribution in [0.4, 0.5) is 13.6 Å². The van der Waals surface area contributed by atoms with E-state index in [-0.39, 0.29) is 36.5 Å². The van der Waals surface area contributed by atoms with Crippen LogP contribution in [0.15, 0.2) is 109 Å². The highest BCUT2D eigenvalue weighted by Gasteiger charge is 2.38. The number of benzene rings is 4. The van der Waals surface area contributed by atoms with Crippen LogP contribution < -0.4 is 24.5 Å². The Labute approximate surface area is 410 Å². The molecule has 0 radical (unpaired) electrons. The highest BCUT2D eigenvalue weighted by atomic mass is 35.5. The molecule has 4 aliphatic heterocycles. The number of H-pyrrole nitrogens is 1. The fourth-order valence-corrected chi connectivity index (χ4v) is 10.0. The Morgan fingerprint density at radius 3 is 2.28 bits per heavy atom. The number of pyridine rings is 1. The lowest BCUT2D eigenvalue weighted by atomic mass is 9.86. The van der Waals surface area contributed by atoms with E-state index in [2.05, 4.69) is 15.2 Å². The zero-order valence-corrected chi connectivity index (χ0v) is 39.5. The summed E-state index contributed by atoms with van der Waals surface area (Å²) in [6, 6.07) is 27.4. The molecular formula is C53H55Cl2F2N4O8+. The van der Waals surface area contributed by atoms with Gasteiger partial charge in [0.15, 0.2) is 23.9 Å². The monoisotopic (exact) mass is 983 g/mol. The average molecular weight is 985 g/mol. The third kappa shape index (κ3) is 12.3. The molecule has 0 unspecified atom stereocenters. The van der Waals surface area contributed by atoms with Gasteiger partial charge in [-0.1, -0.05) is 83.9 Å². The molecule has 362 valence electrons. The van der Waals surface area contributed by atoms with Crippen LogP contribution in [-0.4, -0.2) is 79.3 Å². The fraction of sp³-hybridized carbons (Fsp3) is 0.396. The van der Waals surface area contributed by atoms with Crippen molar-refractivity contribution in [3.63, 3.8) is 0 Å². The summed E-state index contributed by atoms with van der Waals surface area (Å²) in [6.07, 6.45) is 7.33. The van der Waals surface area contributed by atoms with Gasteiger partial charge in [-0.05, 0) is 129 Å². The molecule has 5 aromatic rings. The van der Waals surface area contributed by atoms with Crippen molar-refractivity contribution >= 4 is 41.2 Å². The smallest absolute Gasteiger partial charge is 0.408 e. The number of piperidine rings is 4. The molecule has 69 heavy (non-hydrogen) atoms. The minimum Gasteiger partial charge on any atom is -0.489 e. The van der Waals surface area contributed by atoms with Gasteiger partial charge in [-0.3, -0.25) is 9.69 Å². The van der Waals surface area contributed by atoms with Crippen molar-refractivity contribution in [2.24, 2.45) is 11.8 Å². The number of carbonyl (C=O) groups is 3. The van der Waals surface area contributed by atoms with E-state index >= 15 is 0 Å². The molecule has 2 N–H and O–H groups in total. The van der Waals surface area contributed by atoms with Gasteiger partial charge in [-0.25, -0.2) is 14.6 Å². The number of alkyl halides is 2. The number of nitrogens with zero attached hydrogens (tertiary/aromatic N) is 2. The zero-order valence-electron chi connectivity index (χ0n) is 38.0. The first-order chi connectivity index (χ1) is 33.5. The quantitative estimate of drug-likeness (QED) is 0.0853. The summed E-state index contributed by atoms with van der Waals surface area (Å²) in [6.45, 7) is 0.569. The van der Waals surface area contributed by atoms with Crippen molar-refractivity contribution in [3.05, 3.63) is 153 Å². The Bertz CT molecular complexity index is 2580. The highest BCUT2D eigenvalue weighted by Crippen LogP contribution is 2.39. The lowest BCUT2D eigenvalue weighted by Crippen LogP contribution is -2.52. The second-order valence-electron chi connectivity index (χ2n) is 18.2. The number of halogens is 4. The van der Waals surface area contributed by atoms with E-state index in [0.717, 1.165) is 62.0 Å². The largest absolute Gasteiger partial charge is 0.489 e. The van der Waals surface area contributed by atoms with E-state index < -0.39 is 36.9 Å². The minimum atomic E-state index is -3.08. The third-order valence-corrected chi connectivity index (χ3v) is 14.1. The number of esters is 1. The fourth-order valence-electron chi connectivity index (χ4n) is 9.49. The molecule has 5 fully saturated rings. The van der Waals surface area contributed by atoms with Gasteiger partial charge in [-0.2, -0.15) is 8.78 Å². The topological polar surface area (TPSA) is 130 Å². The number of amides is 2. The van der Waals surface area contributed by atoms with E-state index in [1.807, 2.05) is 60.7 Å². The number of ether oxygens (including phenoxy) is 5. The molecule has 10 rings (SSSR count). The number of hydrogen-bond donors (Lipinski definition) is 1. The van der Waals surface area contributed by atoms with Crippen LogP contribution in [0.1, 0.15) is 95.3 Å². The van der Waals surface area contributed by atoms with Gasteiger partial charge in [0.2, 0.25) is 0 Å². The molecule has 1 aliphatic carbocycles. The van der Waals surface area contributed by atoms with Crippen LogP contribution in [0.2, 0.25) is 10.0 Å². The highest BCUT2D eigenvalue weighted by molar-refractivity contribution is 6.35. The lowest BCUT2D eigenvalue weighted by molar-refractivity contribution is -0.377. The number of carbonyl (C=O) groups excluding carboxylic acids is 3. The van der Waals surface area contributed by atoms with Crippen LogP contribution in [-0.2, 0) is 27.3 Å². The molecule has 4 atom stereocenters. The standard InChI is InChI=1S/C53H54Cl2F2N4O8/c54-42-28-58-29-43(55)41(42)27-46(37-17-18-45(68-52(56)57)47(26-37)66-31-33-15-16-33)67-51(63)44-14-4-5-21-61(44)50(62)39-12-6-8-34(24-39)32-65-40-13-7-11-38(25-40)49(36-9-2-1-3-10-36)59-53(64)69-48-30-60-22-19-35(48)20-23-60/h1-3,6-13,17-18,24-26,28-29,33,35,44,46,48-49,52H,4-5,14-16,19-23,27,30-32H2,(H,59,64)/p+1/t44-,46-,48-,49-/m0/s1. The summed E-state index contributed by atoms with van der Waals surface area (Å²) in [5.41, 5.74) is 3.75. The van der Waals surface area contributed by atoms with Crippen molar-refractivity contribution in [2.45, 2.75) is 88.9 Å². The van der Waals surface area contributed by atoms with Crippen LogP contribution in [0.3, 0.4) is 0 Å². The molecule has 16 heteroatoms. The van der Waals surface area contributed by atoms with E-state index in [1.165, 1.54) is 12.1 Å². The molecule has 1 aromatic heterocycles. The van der Waals surface area contributed by atoms with E-state index in [4.69, 9.17) is 46.9 Å². The Morgan fingerprint density at radius 1 is 0.768 bits per heavy atom. The van der Waals surface area contributed by atoms with Crippen molar-refractivity contribution in [1.82, 2.24) is 15.1 Å². The minimum absolute atomic E-state index is 0.0382.